The fourth-order valence-electron chi connectivity index (χ4n) is 1.13. The van der Waals surface area contributed by atoms with Crippen molar-refractivity contribution in [3.8, 4) is 6.07 Å². The van der Waals surface area contributed by atoms with E-state index >= 15 is 0 Å². The highest BCUT2D eigenvalue weighted by Crippen LogP contribution is 2.20. The molecule has 0 amide bonds. The van der Waals surface area contributed by atoms with E-state index in [1.807, 2.05) is 6.07 Å². The second kappa shape index (κ2) is 4.27. The monoisotopic (exact) mass is 195 g/mol. The van der Waals surface area contributed by atoms with Crippen LogP contribution in [0.25, 0.3) is 0 Å². The number of aliphatic hydroxyl groups is 1. The molecule has 0 aromatic heterocycles. The molecule has 1 aromatic carbocycles. The first-order valence-corrected chi connectivity index (χ1v) is 4.36. The van der Waals surface area contributed by atoms with Gasteiger partial charge in [-0.1, -0.05) is 23.7 Å². The van der Waals surface area contributed by atoms with Gasteiger partial charge < -0.3 is 5.11 Å². The van der Waals surface area contributed by atoms with Crippen LogP contribution in [0.1, 0.15) is 18.4 Å². The van der Waals surface area contributed by atoms with Crippen molar-refractivity contribution < 1.29 is 5.11 Å². The molecule has 1 rings (SSSR count). The van der Waals surface area contributed by atoms with Gasteiger partial charge >= 0.3 is 0 Å². The number of aliphatic hydroxyl groups excluding tert-OH is 1. The third-order valence-electron chi connectivity index (χ3n) is 1.85. The molecule has 0 aliphatic heterocycles. The quantitative estimate of drug-likeness (QED) is 0.787. The van der Waals surface area contributed by atoms with E-state index in [4.69, 9.17) is 16.9 Å². The van der Waals surface area contributed by atoms with E-state index < -0.39 is 12.0 Å². The number of rotatable bonds is 2. The molecular weight excluding hydrogens is 186 g/mol. The molecular formula is C10H10ClNO. The van der Waals surface area contributed by atoms with Crippen LogP contribution in [0.2, 0.25) is 5.02 Å². The van der Waals surface area contributed by atoms with Gasteiger partial charge in [0.2, 0.25) is 0 Å². The molecule has 3 heteroatoms. The maximum absolute atomic E-state index is 9.28. The standard InChI is InChI=1S/C10H10ClNO/c1-7(13)10(6-12)8-2-4-9(11)5-3-8/h2-5,7,10,13H,1H3. The van der Waals surface area contributed by atoms with Crippen LogP contribution < -0.4 is 0 Å². The molecule has 0 heterocycles. The topological polar surface area (TPSA) is 44.0 Å². The zero-order valence-electron chi connectivity index (χ0n) is 7.24. The normalized spacial score (nSPS) is 14.6. The first kappa shape index (κ1) is 10.0. The molecule has 0 spiro atoms. The zero-order valence-corrected chi connectivity index (χ0v) is 7.99. The Labute approximate surface area is 82.4 Å². The molecule has 1 N–H and O–H groups in total. The molecule has 2 unspecified atom stereocenters. The van der Waals surface area contributed by atoms with E-state index in [2.05, 4.69) is 0 Å². The lowest BCUT2D eigenvalue weighted by Crippen LogP contribution is -2.12. The minimum Gasteiger partial charge on any atom is -0.392 e. The van der Waals surface area contributed by atoms with E-state index in [-0.39, 0.29) is 0 Å². The second-order valence-electron chi connectivity index (χ2n) is 2.90. The number of benzene rings is 1. The van der Waals surface area contributed by atoms with Crippen LogP contribution in [0.5, 0.6) is 0 Å². The molecule has 0 saturated heterocycles. The smallest absolute Gasteiger partial charge is 0.0969 e. The van der Waals surface area contributed by atoms with E-state index in [9.17, 15) is 5.11 Å². The highest BCUT2D eigenvalue weighted by atomic mass is 35.5. The van der Waals surface area contributed by atoms with Crippen LogP contribution >= 0.6 is 11.6 Å². The third-order valence-corrected chi connectivity index (χ3v) is 2.10. The molecule has 0 aliphatic rings. The molecule has 0 bridgehead atoms. The fraction of sp³-hybridized carbons (Fsp3) is 0.300. The minimum atomic E-state index is -0.661. The summed E-state index contributed by atoms with van der Waals surface area (Å²) in [5.74, 6) is -0.475. The molecule has 0 saturated carbocycles. The fourth-order valence-corrected chi connectivity index (χ4v) is 1.26. The summed E-state index contributed by atoms with van der Waals surface area (Å²) in [6.45, 7) is 1.60. The molecule has 0 fully saturated rings. The summed E-state index contributed by atoms with van der Waals surface area (Å²) in [7, 11) is 0. The SMILES string of the molecule is CC(O)C(C#N)c1ccc(Cl)cc1. The van der Waals surface area contributed by atoms with E-state index in [0.717, 1.165) is 5.56 Å². The van der Waals surface area contributed by atoms with Crippen LogP contribution in [0.15, 0.2) is 24.3 Å². The number of halogens is 1. The molecule has 2 atom stereocenters. The van der Waals surface area contributed by atoms with Crippen molar-refractivity contribution in [3.05, 3.63) is 34.9 Å². The Bertz CT molecular complexity index is 313. The van der Waals surface area contributed by atoms with Crippen LogP contribution in [-0.2, 0) is 0 Å². The Kier molecular flexibility index (Phi) is 3.30. The van der Waals surface area contributed by atoms with Gasteiger partial charge in [-0.25, -0.2) is 0 Å². The molecule has 0 aliphatic carbocycles. The summed E-state index contributed by atoms with van der Waals surface area (Å²) < 4.78 is 0. The van der Waals surface area contributed by atoms with Gasteiger partial charge in [0.25, 0.3) is 0 Å². The van der Waals surface area contributed by atoms with Crippen LogP contribution in [0, 0.1) is 11.3 Å². The van der Waals surface area contributed by atoms with Gasteiger partial charge in [-0.3, -0.25) is 0 Å². The highest BCUT2D eigenvalue weighted by molar-refractivity contribution is 6.30. The van der Waals surface area contributed by atoms with E-state index in [1.54, 1.807) is 31.2 Å². The summed E-state index contributed by atoms with van der Waals surface area (Å²) in [6, 6.07) is 8.97. The maximum Gasteiger partial charge on any atom is 0.0969 e. The average molecular weight is 196 g/mol. The second-order valence-corrected chi connectivity index (χ2v) is 3.34. The van der Waals surface area contributed by atoms with Crippen molar-refractivity contribution >= 4 is 11.6 Å². The van der Waals surface area contributed by atoms with Gasteiger partial charge in [-0.05, 0) is 24.6 Å². The van der Waals surface area contributed by atoms with Gasteiger partial charge in [0, 0.05) is 5.02 Å². The van der Waals surface area contributed by atoms with Crippen molar-refractivity contribution in [2.45, 2.75) is 18.9 Å². The van der Waals surface area contributed by atoms with Crippen molar-refractivity contribution in [3.63, 3.8) is 0 Å². The molecule has 0 radical (unpaired) electrons. The number of hydrogen-bond acceptors (Lipinski definition) is 2. The lowest BCUT2D eigenvalue weighted by Gasteiger charge is -2.11. The van der Waals surface area contributed by atoms with Crippen LogP contribution in [0.3, 0.4) is 0 Å². The predicted octanol–water partition coefficient (Wildman–Crippen LogP) is 2.33. The molecule has 2 nitrogen and oxygen atoms in total. The highest BCUT2D eigenvalue weighted by Gasteiger charge is 2.15. The average Bonchev–Trinajstić information content (AvgIpc) is 2.09. The van der Waals surface area contributed by atoms with Gasteiger partial charge in [0.1, 0.15) is 0 Å². The third kappa shape index (κ3) is 2.45. The van der Waals surface area contributed by atoms with Gasteiger partial charge in [0.05, 0.1) is 18.1 Å². The Hall–Kier alpha value is -1.04. The van der Waals surface area contributed by atoms with E-state index in [0.29, 0.717) is 5.02 Å². The van der Waals surface area contributed by atoms with Crippen LogP contribution in [-0.4, -0.2) is 11.2 Å². The Morgan fingerprint density at radius 2 is 1.92 bits per heavy atom. The Morgan fingerprint density at radius 3 is 2.31 bits per heavy atom. The minimum absolute atomic E-state index is 0.475. The van der Waals surface area contributed by atoms with Gasteiger partial charge in [-0.15, -0.1) is 0 Å². The lowest BCUT2D eigenvalue weighted by molar-refractivity contribution is 0.181. The lowest BCUT2D eigenvalue weighted by atomic mass is 9.96. The largest absolute Gasteiger partial charge is 0.392 e. The molecule has 68 valence electrons. The van der Waals surface area contributed by atoms with E-state index in [1.165, 1.54) is 0 Å². The first-order chi connectivity index (χ1) is 6.15. The van der Waals surface area contributed by atoms with Crippen molar-refractivity contribution in [1.29, 1.82) is 5.26 Å². The van der Waals surface area contributed by atoms with Gasteiger partial charge in [0.15, 0.2) is 0 Å². The number of hydrogen-bond donors (Lipinski definition) is 1. The summed E-state index contributed by atoms with van der Waals surface area (Å²) >= 11 is 5.69. The van der Waals surface area contributed by atoms with Crippen molar-refractivity contribution in [2.24, 2.45) is 0 Å². The molecule has 13 heavy (non-hydrogen) atoms. The summed E-state index contributed by atoms with van der Waals surface area (Å²) in [5.41, 5.74) is 0.793. The number of nitrogens with zero attached hydrogens (tertiary/aromatic N) is 1. The Morgan fingerprint density at radius 1 is 1.38 bits per heavy atom. The maximum atomic E-state index is 9.28. The Balaban J connectivity index is 2.94. The van der Waals surface area contributed by atoms with Gasteiger partial charge in [-0.2, -0.15) is 5.26 Å². The summed E-state index contributed by atoms with van der Waals surface area (Å²) in [5, 5.41) is 18.7. The predicted molar refractivity (Wildman–Crippen MR) is 51.5 cm³/mol. The molecule has 1 aromatic rings. The number of nitriles is 1. The summed E-state index contributed by atoms with van der Waals surface area (Å²) in [4.78, 5) is 0. The first-order valence-electron chi connectivity index (χ1n) is 3.98. The zero-order chi connectivity index (χ0) is 9.84. The van der Waals surface area contributed by atoms with Crippen molar-refractivity contribution in [1.82, 2.24) is 0 Å². The summed E-state index contributed by atoms with van der Waals surface area (Å²) in [6.07, 6.45) is -0.661. The van der Waals surface area contributed by atoms with Crippen molar-refractivity contribution in [2.75, 3.05) is 0 Å². The van der Waals surface area contributed by atoms with Crippen LogP contribution in [0.4, 0.5) is 0 Å².